The average molecular weight is 256 g/mol. The zero-order valence-electron chi connectivity index (χ0n) is 9.97. The number of nitrogens with one attached hydrogen (secondary N) is 1. The summed E-state index contributed by atoms with van der Waals surface area (Å²) in [7, 11) is -2.19. The smallest absolute Gasteiger partial charge is 0.259 e. The molecule has 5 heteroatoms. The molecule has 0 amide bonds. The van der Waals surface area contributed by atoms with Crippen LogP contribution in [0.3, 0.4) is 0 Å². The zero-order valence-corrected chi connectivity index (χ0v) is 11.0. The van der Waals surface area contributed by atoms with Gasteiger partial charge in [0.2, 0.25) is 0 Å². The maximum absolute atomic E-state index is 11.7. The molecular formula is C12H21N2O2P. The third kappa shape index (κ3) is 4.07. The van der Waals surface area contributed by atoms with E-state index in [0.29, 0.717) is 11.8 Å². The lowest BCUT2D eigenvalue weighted by Gasteiger charge is -2.19. The minimum atomic E-state index is -2.19. The molecule has 0 aromatic rings. The zero-order chi connectivity index (χ0) is 12.1. The van der Waals surface area contributed by atoms with Crippen LogP contribution in [0.1, 0.15) is 25.7 Å². The van der Waals surface area contributed by atoms with Crippen molar-refractivity contribution in [2.45, 2.75) is 31.9 Å². The minimum Gasteiger partial charge on any atom is -0.305 e. The Hall–Kier alpha value is -0.410. The highest BCUT2D eigenvalue weighted by Gasteiger charge is 2.21. The van der Waals surface area contributed by atoms with Crippen molar-refractivity contribution in [2.24, 2.45) is 17.6 Å². The first-order valence-corrected chi connectivity index (χ1v) is 7.57. The van der Waals surface area contributed by atoms with Crippen LogP contribution in [0.15, 0.2) is 24.3 Å². The first-order valence-electron chi connectivity index (χ1n) is 6.26. The SMILES string of the molecule is NC(O[PH](=O)NCC1CC=CC1)C1CC=CC1. The number of rotatable bonds is 6. The van der Waals surface area contributed by atoms with E-state index in [1.54, 1.807) is 0 Å². The predicted octanol–water partition coefficient (Wildman–Crippen LogP) is 2.20. The molecule has 4 nitrogen and oxygen atoms in total. The summed E-state index contributed by atoms with van der Waals surface area (Å²) in [6.45, 7) is 0.750. The van der Waals surface area contributed by atoms with Crippen LogP contribution in [0.25, 0.3) is 0 Å². The van der Waals surface area contributed by atoms with Crippen molar-refractivity contribution in [3.63, 3.8) is 0 Å². The molecule has 96 valence electrons. The summed E-state index contributed by atoms with van der Waals surface area (Å²) in [5, 5.41) is 2.96. The van der Waals surface area contributed by atoms with E-state index in [4.69, 9.17) is 10.3 Å². The van der Waals surface area contributed by atoms with Crippen LogP contribution >= 0.6 is 8.18 Å². The van der Waals surface area contributed by atoms with Crippen molar-refractivity contribution in [3.8, 4) is 0 Å². The van der Waals surface area contributed by atoms with E-state index in [1.807, 2.05) is 0 Å². The highest BCUT2D eigenvalue weighted by atomic mass is 31.1. The maximum atomic E-state index is 11.7. The summed E-state index contributed by atoms with van der Waals surface area (Å²) in [4.78, 5) is 0. The Labute approximate surface area is 103 Å². The molecule has 2 unspecified atom stereocenters. The predicted molar refractivity (Wildman–Crippen MR) is 69.8 cm³/mol. The van der Waals surface area contributed by atoms with Crippen LogP contribution in [0, 0.1) is 11.8 Å². The van der Waals surface area contributed by atoms with Crippen LogP contribution in [-0.4, -0.2) is 12.8 Å². The lowest BCUT2D eigenvalue weighted by Crippen LogP contribution is -2.31. The first kappa shape index (κ1) is 13.0. The van der Waals surface area contributed by atoms with Crippen LogP contribution in [0.4, 0.5) is 0 Å². The Morgan fingerprint density at radius 1 is 1.24 bits per heavy atom. The summed E-state index contributed by atoms with van der Waals surface area (Å²) in [5.74, 6) is 0.857. The van der Waals surface area contributed by atoms with Crippen molar-refractivity contribution in [3.05, 3.63) is 24.3 Å². The Balaban J connectivity index is 1.62. The number of hydrogen-bond acceptors (Lipinski definition) is 3. The Morgan fingerprint density at radius 2 is 1.82 bits per heavy atom. The highest BCUT2D eigenvalue weighted by molar-refractivity contribution is 7.36. The van der Waals surface area contributed by atoms with Gasteiger partial charge in [-0.2, -0.15) is 0 Å². The molecule has 0 saturated carbocycles. The Bertz CT molecular complexity index is 314. The molecule has 0 bridgehead atoms. The topological polar surface area (TPSA) is 64.3 Å². The number of nitrogens with two attached hydrogens (primary N) is 1. The van der Waals surface area contributed by atoms with Crippen molar-refractivity contribution < 1.29 is 9.09 Å². The fraction of sp³-hybridized carbons (Fsp3) is 0.667. The standard InChI is InChI=1S/C12H21N2O2P/c13-12(11-7-3-4-8-11)16-17(15)14-9-10-5-1-2-6-10/h1-4,10-12,17H,5-9,13H2,(H,14,15). The highest BCUT2D eigenvalue weighted by Crippen LogP contribution is 2.28. The molecule has 17 heavy (non-hydrogen) atoms. The Morgan fingerprint density at radius 3 is 2.47 bits per heavy atom. The molecule has 2 atom stereocenters. The Kier molecular flexibility index (Phi) is 4.99. The molecule has 3 N–H and O–H groups in total. The van der Waals surface area contributed by atoms with E-state index >= 15 is 0 Å². The summed E-state index contributed by atoms with van der Waals surface area (Å²) in [5.41, 5.74) is 5.87. The average Bonchev–Trinajstić information content (AvgIpc) is 2.99. The fourth-order valence-electron chi connectivity index (χ4n) is 2.24. The number of allylic oxidation sites excluding steroid dienone is 4. The summed E-state index contributed by atoms with van der Waals surface area (Å²) >= 11 is 0. The lowest BCUT2D eigenvalue weighted by atomic mass is 10.1. The maximum Gasteiger partial charge on any atom is 0.259 e. The van der Waals surface area contributed by atoms with Gasteiger partial charge in [-0.1, -0.05) is 24.3 Å². The molecule has 0 fully saturated rings. The fourth-order valence-corrected chi connectivity index (χ4v) is 3.21. The molecule has 2 rings (SSSR count). The molecular weight excluding hydrogens is 235 g/mol. The van der Waals surface area contributed by atoms with E-state index < -0.39 is 14.4 Å². The molecule has 0 aliphatic heterocycles. The van der Waals surface area contributed by atoms with E-state index in [0.717, 1.165) is 32.2 Å². The molecule has 0 saturated heterocycles. The largest absolute Gasteiger partial charge is 0.305 e. The van der Waals surface area contributed by atoms with Gasteiger partial charge in [0, 0.05) is 12.5 Å². The van der Waals surface area contributed by atoms with Gasteiger partial charge in [0.1, 0.15) is 6.23 Å². The van der Waals surface area contributed by atoms with Gasteiger partial charge < -0.3 is 10.3 Å². The van der Waals surface area contributed by atoms with Gasteiger partial charge in [-0.05, 0) is 31.6 Å². The van der Waals surface area contributed by atoms with Gasteiger partial charge in [0.25, 0.3) is 8.18 Å². The van der Waals surface area contributed by atoms with Crippen LogP contribution < -0.4 is 10.8 Å². The first-order chi connectivity index (χ1) is 8.25. The van der Waals surface area contributed by atoms with Crippen LogP contribution in [0.2, 0.25) is 0 Å². The normalized spacial score (nSPS) is 24.5. The van der Waals surface area contributed by atoms with Gasteiger partial charge in [-0.15, -0.1) is 0 Å². The van der Waals surface area contributed by atoms with Crippen molar-refractivity contribution in [2.75, 3.05) is 6.54 Å². The second kappa shape index (κ2) is 6.50. The molecule has 0 aromatic heterocycles. The van der Waals surface area contributed by atoms with Gasteiger partial charge in [0.15, 0.2) is 0 Å². The van der Waals surface area contributed by atoms with E-state index in [2.05, 4.69) is 29.4 Å². The quantitative estimate of drug-likeness (QED) is 0.434. The molecule has 0 aromatic carbocycles. The van der Waals surface area contributed by atoms with Crippen molar-refractivity contribution in [1.29, 1.82) is 0 Å². The minimum absolute atomic E-state index is 0.291. The summed E-state index contributed by atoms with van der Waals surface area (Å²) in [6, 6.07) is 0. The lowest BCUT2D eigenvalue weighted by molar-refractivity contribution is 0.153. The monoisotopic (exact) mass is 256 g/mol. The van der Waals surface area contributed by atoms with Gasteiger partial charge in [0.05, 0.1) is 0 Å². The van der Waals surface area contributed by atoms with E-state index in [-0.39, 0.29) is 0 Å². The molecule has 0 radical (unpaired) electrons. The van der Waals surface area contributed by atoms with E-state index in [1.165, 1.54) is 0 Å². The second-order valence-corrected chi connectivity index (χ2v) is 5.93. The number of hydrogen-bond donors (Lipinski definition) is 2. The second-order valence-electron chi connectivity index (χ2n) is 4.76. The summed E-state index contributed by atoms with van der Waals surface area (Å²) < 4.78 is 17.0. The molecule has 0 heterocycles. The molecule has 2 aliphatic rings. The van der Waals surface area contributed by atoms with Crippen LogP contribution in [-0.2, 0) is 9.09 Å². The van der Waals surface area contributed by atoms with Crippen molar-refractivity contribution >= 4 is 8.18 Å². The molecule has 2 aliphatic carbocycles. The third-order valence-electron chi connectivity index (χ3n) is 3.39. The summed E-state index contributed by atoms with van der Waals surface area (Å²) in [6.07, 6.45) is 12.1. The van der Waals surface area contributed by atoms with Gasteiger partial charge >= 0.3 is 0 Å². The van der Waals surface area contributed by atoms with Gasteiger partial charge in [-0.25, -0.2) is 5.09 Å². The van der Waals surface area contributed by atoms with Crippen molar-refractivity contribution in [1.82, 2.24) is 5.09 Å². The van der Waals surface area contributed by atoms with Gasteiger partial charge in [-0.3, -0.25) is 4.57 Å². The molecule has 0 spiro atoms. The third-order valence-corrected chi connectivity index (χ3v) is 4.37. The van der Waals surface area contributed by atoms with Crippen LogP contribution in [0.5, 0.6) is 0 Å². The van der Waals surface area contributed by atoms with E-state index in [9.17, 15) is 4.57 Å².